The zero-order valence-corrected chi connectivity index (χ0v) is 28.1. The largest absolute Gasteiger partial charge is 0.479 e. The summed E-state index contributed by atoms with van der Waals surface area (Å²) in [7, 11) is 0. The van der Waals surface area contributed by atoms with Gasteiger partial charge in [0.1, 0.15) is 35.0 Å². The molecule has 3 N–H and O–H groups in total. The minimum Gasteiger partial charge on any atom is -0.479 e. The third-order valence-electron chi connectivity index (χ3n) is 8.88. The summed E-state index contributed by atoms with van der Waals surface area (Å²) in [6.07, 6.45) is 6.18. The van der Waals surface area contributed by atoms with Crippen molar-refractivity contribution in [3.05, 3.63) is 53.9 Å². The van der Waals surface area contributed by atoms with E-state index in [-0.39, 0.29) is 31.2 Å². The summed E-state index contributed by atoms with van der Waals surface area (Å²) in [6.45, 7) is 5.24. The highest BCUT2D eigenvalue weighted by molar-refractivity contribution is 7.13. The van der Waals surface area contributed by atoms with Crippen molar-refractivity contribution in [2.24, 2.45) is 5.92 Å². The fourth-order valence-corrected chi connectivity index (χ4v) is 7.10. The van der Waals surface area contributed by atoms with Crippen molar-refractivity contribution in [1.29, 1.82) is 0 Å². The third-order valence-corrected chi connectivity index (χ3v) is 9.76. The van der Waals surface area contributed by atoms with E-state index in [2.05, 4.69) is 10.6 Å². The molecule has 2 aromatic heterocycles. The number of thiophene rings is 1. The van der Waals surface area contributed by atoms with Crippen LogP contribution in [-0.4, -0.2) is 79.7 Å². The maximum absolute atomic E-state index is 14.3. The minimum absolute atomic E-state index is 0.0191. The lowest BCUT2D eigenvalue weighted by Gasteiger charge is -2.30. The SMILES string of the molecule is CC(C)(C)OC(=O)N[C@@H]1CCCCCC=C[C@@H]2C[C@@]2(C(=O)O)NC(=O)[C@@H]2CC(Oc3nc4ccccc4nc3-c3cccs3)CN2C1=O. The van der Waals surface area contributed by atoms with Crippen LogP contribution >= 0.6 is 11.3 Å². The minimum atomic E-state index is -1.44. The average molecular weight is 676 g/mol. The summed E-state index contributed by atoms with van der Waals surface area (Å²) in [5, 5.41) is 17.6. The second kappa shape index (κ2) is 13.5. The van der Waals surface area contributed by atoms with Crippen molar-refractivity contribution in [3.63, 3.8) is 0 Å². The van der Waals surface area contributed by atoms with Crippen LogP contribution in [0.25, 0.3) is 21.6 Å². The number of aliphatic carboxylic acids is 1. The molecule has 0 spiro atoms. The number of nitrogens with zero attached hydrogens (tertiary/aromatic N) is 3. The Kier molecular flexibility index (Phi) is 9.41. The number of para-hydroxylation sites is 2. The Labute approximate surface area is 282 Å². The van der Waals surface area contributed by atoms with Gasteiger partial charge in [-0.1, -0.05) is 43.2 Å². The number of benzene rings is 1. The number of hydrogen-bond acceptors (Lipinski definition) is 9. The molecule has 6 rings (SSSR count). The molecule has 4 heterocycles. The Morgan fingerprint density at radius 1 is 1.08 bits per heavy atom. The molecule has 3 amide bonds. The predicted octanol–water partition coefficient (Wildman–Crippen LogP) is 5.08. The third kappa shape index (κ3) is 7.30. The Morgan fingerprint density at radius 2 is 1.85 bits per heavy atom. The van der Waals surface area contributed by atoms with Crippen LogP contribution in [0.3, 0.4) is 0 Å². The van der Waals surface area contributed by atoms with Crippen molar-refractivity contribution in [2.75, 3.05) is 6.54 Å². The van der Waals surface area contributed by atoms with E-state index in [1.807, 2.05) is 53.9 Å². The first-order valence-corrected chi connectivity index (χ1v) is 17.3. The van der Waals surface area contributed by atoms with Gasteiger partial charge in [-0.05, 0) is 70.0 Å². The maximum Gasteiger partial charge on any atom is 0.408 e. The highest BCUT2D eigenvalue weighted by Crippen LogP contribution is 2.45. The molecule has 1 aliphatic carbocycles. The number of allylic oxidation sites excluding steroid dienone is 1. The summed E-state index contributed by atoms with van der Waals surface area (Å²) in [6, 6.07) is 9.27. The van der Waals surface area contributed by atoms with Crippen LogP contribution in [0.15, 0.2) is 53.9 Å². The summed E-state index contributed by atoms with van der Waals surface area (Å²) in [5.74, 6) is -2.23. The van der Waals surface area contributed by atoms with Crippen LogP contribution in [0.2, 0.25) is 0 Å². The normalized spacial score (nSPS) is 26.4. The summed E-state index contributed by atoms with van der Waals surface area (Å²) >= 11 is 1.49. The number of amides is 3. The van der Waals surface area contributed by atoms with E-state index in [0.717, 1.165) is 24.1 Å². The van der Waals surface area contributed by atoms with Gasteiger partial charge >= 0.3 is 12.1 Å². The monoisotopic (exact) mass is 675 g/mol. The molecule has 1 saturated carbocycles. The van der Waals surface area contributed by atoms with E-state index in [1.54, 1.807) is 20.8 Å². The summed E-state index contributed by atoms with van der Waals surface area (Å²) in [5.41, 5.74) is -0.337. The molecule has 3 aliphatic rings. The number of carbonyl (C=O) groups is 4. The smallest absolute Gasteiger partial charge is 0.408 e. The molecule has 1 aromatic carbocycles. The number of fused-ring (bicyclic) bond motifs is 3. The van der Waals surface area contributed by atoms with Crippen molar-refractivity contribution in [3.8, 4) is 16.5 Å². The molecule has 13 heteroatoms. The summed E-state index contributed by atoms with van der Waals surface area (Å²) < 4.78 is 12.0. The number of aromatic nitrogens is 2. The first kappa shape index (κ1) is 33.4. The number of carboxylic acid groups (broad SMARTS) is 1. The number of ether oxygens (including phenoxy) is 2. The number of hydrogen-bond donors (Lipinski definition) is 3. The summed E-state index contributed by atoms with van der Waals surface area (Å²) in [4.78, 5) is 65.5. The van der Waals surface area contributed by atoms with E-state index < -0.39 is 53.2 Å². The van der Waals surface area contributed by atoms with E-state index in [4.69, 9.17) is 19.4 Å². The first-order valence-electron chi connectivity index (χ1n) is 16.4. The highest BCUT2D eigenvalue weighted by Gasteiger charge is 2.61. The fraction of sp³-hybridized carbons (Fsp3) is 0.486. The second-order valence-corrected chi connectivity index (χ2v) is 14.6. The van der Waals surface area contributed by atoms with Gasteiger partial charge in [-0.2, -0.15) is 0 Å². The van der Waals surface area contributed by atoms with Crippen LogP contribution in [0.5, 0.6) is 5.88 Å². The number of nitrogens with one attached hydrogen (secondary N) is 2. The Bertz CT molecular complexity index is 1720. The lowest BCUT2D eigenvalue weighted by atomic mass is 10.0. The molecule has 254 valence electrons. The molecule has 0 bridgehead atoms. The lowest BCUT2D eigenvalue weighted by molar-refractivity contribution is -0.145. The maximum atomic E-state index is 14.3. The van der Waals surface area contributed by atoms with Gasteiger partial charge in [0.15, 0.2) is 0 Å². The van der Waals surface area contributed by atoms with Crippen molar-refractivity contribution < 1.29 is 33.8 Å². The molecule has 12 nitrogen and oxygen atoms in total. The lowest BCUT2D eigenvalue weighted by Crippen LogP contribution is -2.56. The topological polar surface area (TPSA) is 160 Å². The van der Waals surface area contributed by atoms with Crippen molar-refractivity contribution >= 4 is 46.2 Å². The molecule has 2 aliphatic heterocycles. The molecule has 0 radical (unpaired) electrons. The van der Waals surface area contributed by atoms with E-state index in [9.17, 15) is 24.3 Å². The second-order valence-electron chi connectivity index (χ2n) is 13.7. The van der Waals surface area contributed by atoms with Crippen LogP contribution in [-0.2, 0) is 19.1 Å². The van der Waals surface area contributed by atoms with E-state index >= 15 is 0 Å². The molecule has 5 atom stereocenters. The Balaban J connectivity index is 1.32. The predicted molar refractivity (Wildman–Crippen MR) is 179 cm³/mol. The molecular weight excluding hydrogens is 634 g/mol. The van der Waals surface area contributed by atoms with Gasteiger partial charge in [-0.25, -0.2) is 19.6 Å². The zero-order valence-electron chi connectivity index (χ0n) is 27.3. The van der Waals surface area contributed by atoms with E-state index in [1.165, 1.54) is 16.2 Å². The fourth-order valence-electron chi connectivity index (χ4n) is 6.39. The Hall–Kier alpha value is -4.52. The molecule has 3 aromatic rings. The van der Waals surface area contributed by atoms with Crippen LogP contribution in [0.4, 0.5) is 4.79 Å². The zero-order chi connectivity index (χ0) is 34.1. The number of alkyl carbamates (subject to hydrolysis) is 1. The van der Waals surface area contributed by atoms with Crippen LogP contribution in [0, 0.1) is 5.92 Å². The highest BCUT2D eigenvalue weighted by atomic mass is 32.1. The molecule has 2 fully saturated rings. The van der Waals surface area contributed by atoms with Gasteiger partial charge in [0, 0.05) is 12.3 Å². The Morgan fingerprint density at radius 3 is 2.56 bits per heavy atom. The molecular formula is C35H41N5O7S. The van der Waals surface area contributed by atoms with Crippen molar-refractivity contribution in [1.82, 2.24) is 25.5 Å². The standard InChI is InChI=1S/C35H41N5O7S/c1-34(2,3)47-33(45)38-25-15-8-6-4-5-7-12-21-19-35(21,32(43)44)39-29(41)26-18-22(20-40(26)31(25)42)46-30-28(27-16-11-17-48-27)36-23-13-9-10-14-24(23)37-30/h7,9-14,16-17,21-22,25-26H,4-6,8,15,18-20H2,1-3H3,(H,38,45)(H,39,41)(H,43,44)/t21-,22?,25-,26+,35-/m1/s1. The molecule has 48 heavy (non-hydrogen) atoms. The van der Waals surface area contributed by atoms with Gasteiger partial charge in [0.25, 0.3) is 0 Å². The molecule has 1 saturated heterocycles. The van der Waals surface area contributed by atoms with Gasteiger partial charge in [-0.3, -0.25) is 9.59 Å². The average Bonchev–Trinajstić information content (AvgIpc) is 3.34. The first-order chi connectivity index (χ1) is 22.9. The number of carbonyl (C=O) groups excluding carboxylic acids is 3. The van der Waals surface area contributed by atoms with Crippen molar-refractivity contribution in [2.45, 2.75) is 95.0 Å². The van der Waals surface area contributed by atoms with Crippen LogP contribution in [0.1, 0.15) is 65.7 Å². The van der Waals surface area contributed by atoms with Gasteiger partial charge < -0.3 is 30.1 Å². The molecule has 1 unspecified atom stereocenters. The quantitative estimate of drug-likeness (QED) is 0.314. The number of carboxylic acids is 1. The van der Waals surface area contributed by atoms with E-state index in [0.29, 0.717) is 29.6 Å². The van der Waals surface area contributed by atoms with Gasteiger partial charge in [0.2, 0.25) is 17.7 Å². The van der Waals surface area contributed by atoms with Gasteiger partial charge in [-0.15, -0.1) is 11.3 Å². The van der Waals surface area contributed by atoms with Gasteiger partial charge in [0.05, 0.1) is 22.5 Å². The van der Waals surface area contributed by atoms with Crippen LogP contribution < -0.4 is 15.4 Å². The number of rotatable bonds is 5.